The second kappa shape index (κ2) is 4.83. The van der Waals surface area contributed by atoms with E-state index in [1.54, 1.807) is 0 Å². The van der Waals surface area contributed by atoms with Gasteiger partial charge in [-0.05, 0) is 46.6 Å². The zero-order valence-electron chi connectivity index (χ0n) is 8.11. The molecule has 1 aliphatic rings. The number of aryl methyl sites for hydroxylation is 1. The summed E-state index contributed by atoms with van der Waals surface area (Å²) in [5.41, 5.74) is 2.38. The average molecular weight is 318 g/mol. The van der Waals surface area contributed by atoms with Gasteiger partial charge in [-0.15, -0.1) is 0 Å². The number of rotatable bonds is 2. The third-order valence-corrected chi connectivity index (χ3v) is 2.80. The van der Waals surface area contributed by atoms with E-state index >= 15 is 0 Å². The largest absolute Gasteiger partial charge is 0.509 e. The van der Waals surface area contributed by atoms with Crippen LogP contribution in [0.4, 0.5) is 4.79 Å². The summed E-state index contributed by atoms with van der Waals surface area (Å²) in [4.78, 5) is 11.2. The molecule has 0 aliphatic heterocycles. The quantitative estimate of drug-likeness (QED) is 0.477. The predicted molar refractivity (Wildman–Crippen MR) is 64.0 cm³/mol. The van der Waals surface area contributed by atoms with E-state index in [9.17, 15) is 4.79 Å². The first kappa shape index (κ1) is 10.7. The first-order valence-corrected chi connectivity index (χ1v) is 6.31. The Morgan fingerprint density at radius 3 is 3.07 bits per heavy atom. The van der Waals surface area contributed by atoms with Crippen molar-refractivity contribution >= 4 is 28.7 Å². The van der Waals surface area contributed by atoms with Crippen LogP contribution in [-0.2, 0) is 15.9 Å². The first-order valence-electron chi connectivity index (χ1n) is 4.78. The topological polar surface area (TPSA) is 35.5 Å². The van der Waals surface area contributed by atoms with Gasteiger partial charge in [-0.1, -0.05) is 24.3 Å². The van der Waals surface area contributed by atoms with E-state index in [1.165, 1.54) is 5.56 Å². The van der Waals surface area contributed by atoms with Gasteiger partial charge >= 0.3 is 6.16 Å². The summed E-state index contributed by atoms with van der Waals surface area (Å²) >= 11 is 1.97. The highest BCUT2D eigenvalue weighted by atomic mass is 127. The summed E-state index contributed by atoms with van der Waals surface area (Å²) < 4.78 is 10.3. The molecule has 1 aromatic rings. The molecule has 0 unspecified atom stereocenters. The van der Waals surface area contributed by atoms with E-state index in [0.717, 1.165) is 18.4 Å². The Bertz CT molecular complexity index is 365. The number of hydrogen-bond donors (Lipinski definition) is 0. The van der Waals surface area contributed by atoms with Crippen LogP contribution in [0.2, 0.25) is 0 Å². The van der Waals surface area contributed by atoms with Crippen molar-refractivity contribution in [2.75, 3.05) is 4.61 Å². The van der Waals surface area contributed by atoms with Gasteiger partial charge in [0.15, 0.2) is 0 Å². The number of carbonyl (C=O) groups excluding carboxylic acids is 1. The lowest BCUT2D eigenvalue weighted by molar-refractivity contribution is 0.0354. The summed E-state index contributed by atoms with van der Waals surface area (Å²) in [5, 5.41) is 0. The van der Waals surface area contributed by atoms with Crippen molar-refractivity contribution in [2.45, 2.75) is 18.9 Å². The second-order valence-electron chi connectivity index (χ2n) is 3.35. The molecule has 0 heterocycles. The molecule has 0 N–H and O–H groups in total. The number of hydrogen-bond acceptors (Lipinski definition) is 3. The maximum absolute atomic E-state index is 11.2. The van der Waals surface area contributed by atoms with Gasteiger partial charge < -0.3 is 9.47 Å². The van der Waals surface area contributed by atoms with Crippen molar-refractivity contribution in [2.24, 2.45) is 0 Å². The molecule has 0 bridgehead atoms. The van der Waals surface area contributed by atoms with Crippen LogP contribution in [0, 0.1) is 0 Å². The lowest BCUT2D eigenvalue weighted by Gasteiger charge is -2.12. The van der Waals surface area contributed by atoms with Gasteiger partial charge in [0.1, 0.15) is 10.7 Å². The standard InChI is InChI=1S/C11H11IO3/c12-7-14-11(13)15-10-6-5-8-3-1-2-4-9(8)10/h1-4,10H,5-7H2/t10-/m0/s1. The van der Waals surface area contributed by atoms with Crippen molar-refractivity contribution in [3.63, 3.8) is 0 Å². The lowest BCUT2D eigenvalue weighted by atomic mass is 10.1. The Morgan fingerprint density at radius 2 is 2.27 bits per heavy atom. The van der Waals surface area contributed by atoms with Crippen molar-refractivity contribution in [3.05, 3.63) is 35.4 Å². The van der Waals surface area contributed by atoms with Gasteiger partial charge in [0, 0.05) is 0 Å². The summed E-state index contributed by atoms with van der Waals surface area (Å²) in [6.07, 6.45) is 1.12. The van der Waals surface area contributed by atoms with Gasteiger partial charge in [-0.3, -0.25) is 0 Å². The Hall–Kier alpha value is -0.780. The maximum Gasteiger partial charge on any atom is 0.509 e. The molecule has 0 fully saturated rings. The zero-order chi connectivity index (χ0) is 10.7. The molecule has 0 aromatic heterocycles. The first-order chi connectivity index (χ1) is 7.31. The Kier molecular flexibility index (Phi) is 3.45. The minimum atomic E-state index is -0.578. The normalized spacial score (nSPS) is 18.3. The molecular weight excluding hydrogens is 307 g/mol. The van der Waals surface area contributed by atoms with Crippen LogP contribution in [-0.4, -0.2) is 10.8 Å². The van der Waals surface area contributed by atoms with E-state index in [-0.39, 0.29) is 6.10 Å². The van der Waals surface area contributed by atoms with Gasteiger partial charge in [-0.25, -0.2) is 4.79 Å². The molecule has 4 heteroatoms. The molecule has 2 rings (SSSR count). The van der Waals surface area contributed by atoms with E-state index < -0.39 is 6.16 Å². The minimum Gasteiger partial charge on any atom is -0.426 e. The third kappa shape index (κ3) is 2.42. The smallest absolute Gasteiger partial charge is 0.426 e. The number of carbonyl (C=O) groups is 1. The van der Waals surface area contributed by atoms with E-state index in [0.29, 0.717) is 4.61 Å². The monoisotopic (exact) mass is 318 g/mol. The van der Waals surface area contributed by atoms with Gasteiger partial charge in [-0.2, -0.15) is 0 Å². The molecule has 0 amide bonds. The van der Waals surface area contributed by atoms with Crippen LogP contribution in [0.5, 0.6) is 0 Å². The van der Waals surface area contributed by atoms with E-state index in [2.05, 4.69) is 6.07 Å². The van der Waals surface area contributed by atoms with Crippen LogP contribution in [0.25, 0.3) is 0 Å². The molecule has 1 atom stereocenters. The van der Waals surface area contributed by atoms with Crippen molar-refractivity contribution in [1.82, 2.24) is 0 Å². The SMILES string of the molecule is O=C(OCI)O[C@H]1CCc2ccccc21. The number of benzene rings is 1. The summed E-state index contributed by atoms with van der Waals surface area (Å²) in [6.45, 7) is 0. The number of halogens is 1. The molecule has 0 saturated heterocycles. The highest BCUT2D eigenvalue weighted by Crippen LogP contribution is 2.33. The molecule has 0 saturated carbocycles. The van der Waals surface area contributed by atoms with Crippen molar-refractivity contribution in [1.29, 1.82) is 0 Å². The Labute approximate surface area is 102 Å². The Balaban J connectivity index is 2.04. The second-order valence-corrected chi connectivity index (χ2v) is 3.97. The van der Waals surface area contributed by atoms with E-state index in [4.69, 9.17) is 9.47 Å². The highest BCUT2D eigenvalue weighted by Gasteiger charge is 2.25. The maximum atomic E-state index is 11.2. The highest BCUT2D eigenvalue weighted by molar-refractivity contribution is 14.1. The van der Waals surface area contributed by atoms with Gasteiger partial charge in [0.2, 0.25) is 0 Å². The molecule has 0 spiro atoms. The summed E-state index contributed by atoms with van der Waals surface area (Å²) in [6, 6.07) is 8.04. The average Bonchev–Trinajstić information content (AvgIpc) is 2.62. The molecule has 1 aliphatic carbocycles. The van der Waals surface area contributed by atoms with Crippen LogP contribution in [0.3, 0.4) is 0 Å². The number of fused-ring (bicyclic) bond motifs is 1. The van der Waals surface area contributed by atoms with Crippen LogP contribution in [0.15, 0.2) is 24.3 Å². The lowest BCUT2D eigenvalue weighted by Crippen LogP contribution is -2.10. The molecule has 3 nitrogen and oxygen atoms in total. The molecule has 0 radical (unpaired) electrons. The van der Waals surface area contributed by atoms with Crippen LogP contribution < -0.4 is 0 Å². The molecule has 80 valence electrons. The fourth-order valence-corrected chi connectivity index (χ4v) is 2.09. The molecular formula is C11H11IO3. The minimum absolute atomic E-state index is 0.128. The fraction of sp³-hybridized carbons (Fsp3) is 0.364. The molecule has 1 aromatic carbocycles. The summed E-state index contributed by atoms with van der Waals surface area (Å²) in [5.74, 6) is 0. The van der Waals surface area contributed by atoms with Crippen LogP contribution >= 0.6 is 22.6 Å². The number of alkyl halides is 1. The van der Waals surface area contributed by atoms with Crippen molar-refractivity contribution < 1.29 is 14.3 Å². The Morgan fingerprint density at radius 1 is 1.47 bits per heavy atom. The number of ether oxygens (including phenoxy) is 2. The predicted octanol–water partition coefficient (Wildman–Crippen LogP) is 3.22. The fourth-order valence-electron chi connectivity index (χ4n) is 1.84. The zero-order valence-corrected chi connectivity index (χ0v) is 10.3. The van der Waals surface area contributed by atoms with Crippen molar-refractivity contribution in [3.8, 4) is 0 Å². The molecule has 15 heavy (non-hydrogen) atoms. The summed E-state index contributed by atoms with van der Waals surface area (Å²) in [7, 11) is 0. The van der Waals surface area contributed by atoms with Crippen LogP contribution in [0.1, 0.15) is 23.7 Å². The van der Waals surface area contributed by atoms with Gasteiger partial charge in [0.05, 0.1) is 0 Å². The third-order valence-electron chi connectivity index (χ3n) is 2.49. The van der Waals surface area contributed by atoms with Gasteiger partial charge in [0.25, 0.3) is 0 Å². The van der Waals surface area contributed by atoms with E-state index in [1.807, 2.05) is 40.8 Å².